The second-order valence-corrected chi connectivity index (χ2v) is 8.40. The van der Waals surface area contributed by atoms with Crippen molar-refractivity contribution < 1.29 is 16.8 Å². The summed E-state index contributed by atoms with van der Waals surface area (Å²) in [5.41, 5.74) is 0. The van der Waals surface area contributed by atoms with Gasteiger partial charge in [-0.25, -0.2) is 27.1 Å². The van der Waals surface area contributed by atoms with E-state index in [1.54, 1.807) is 24.3 Å². The third-order valence-corrected chi connectivity index (χ3v) is 5.41. The standard InChI is InChI=1S/C12H12N2O4S3/c13-20(15,16)11-5-1-9(2-6-11)19-10-3-7-12(8-4-10)21(14,17)18/h1-8H,(H2,13,15,16)(H2,14,17,18). The Morgan fingerprint density at radius 2 is 0.905 bits per heavy atom. The molecule has 0 bridgehead atoms. The molecule has 4 N–H and O–H groups in total. The van der Waals surface area contributed by atoms with Crippen LogP contribution in [-0.4, -0.2) is 16.8 Å². The van der Waals surface area contributed by atoms with Crippen molar-refractivity contribution >= 4 is 31.8 Å². The molecule has 0 saturated carbocycles. The molecule has 21 heavy (non-hydrogen) atoms. The smallest absolute Gasteiger partial charge is 0.225 e. The lowest BCUT2D eigenvalue weighted by Gasteiger charge is -2.04. The van der Waals surface area contributed by atoms with Crippen molar-refractivity contribution in [2.24, 2.45) is 10.3 Å². The molecule has 0 heterocycles. The molecule has 6 nitrogen and oxygen atoms in total. The topological polar surface area (TPSA) is 120 Å². The van der Waals surface area contributed by atoms with Gasteiger partial charge >= 0.3 is 0 Å². The fourth-order valence-electron chi connectivity index (χ4n) is 1.53. The maximum atomic E-state index is 11.1. The summed E-state index contributed by atoms with van der Waals surface area (Å²) in [4.78, 5) is 1.67. The van der Waals surface area contributed by atoms with Crippen LogP contribution in [0.1, 0.15) is 0 Å². The zero-order valence-electron chi connectivity index (χ0n) is 10.6. The largest absolute Gasteiger partial charge is 0.238 e. The molecule has 2 aromatic carbocycles. The number of rotatable bonds is 4. The Morgan fingerprint density at radius 1 is 0.619 bits per heavy atom. The molecule has 0 radical (unpaired) electrons. The Bertz CT molecular complexity index is 769. The molecule has 9 heteroatoms. The molecule has 0 fully saturated rings. The van der Waals surface area contributed by atoms with E-state index in [0.29, 0.717) is 0 Å². The molecule has 2 rings (SSSR count). The van der Waals surface area contributed by atoms with Crippen molar-refractivity contribution in [3.05, 3.63) is 48.5 Å². The number of sulfonamides is 2. The van der Waals surface area contributed by atoms with Gasteiger partial charge in [0.2, 0.25) is 20.0 Å². The Labute approximate surface area is 127 Å². The molecular weight excluding hydrogens is 332 g/mol. The summed E-state index contributed by atoms with van der Waals surface area (Å²) in [5.74, 6) is 0. The van der Waals surface area contributed by atoms with Gasteiger partial charge in [-0.15, -0.1) is 0 Å². The van der Waals surface area contributed by atoms with Crippen molar-refractivity contribution in [1.82, 2.24) is 0 Å². The van der Waals surface area contributed by atoms with E-state index in [1.807, 2.05) is 0 Å². The lowest BCUT2D eigenvalue weighted by Crippen LogP contribution is -2.11. The Hall–Kier alpha value is -1.39. The number of nitrogens with two attached hydrogens (primary N) is 2. The van der Waals surface area contributed by atoms with Crippen LogP contribution in [0, 0.1) is 0 Å². The van der Waals surface area contributed by atoms with Crippen LogP contribution in [-0.2, 0) is 20.0 Å². The van der Waals surface area contributed by atoms with E-state index in [4.69, 9.17) is 10.3 Å². The Kier molecular flexibility index (Phi) is 4.40. The second-order valence-electron chi connectivity index (χ2n) is 4.13. The maximum Gasteiger partial charge on any atom is 0.238 e. The van der Waals surface area contributed by atoms with Gasteiger partial charge in [0, 0.05) is 9.79 Å². The van der Waals surface area contributed by atoms with E-state index in [0.717, 1.165) is 9.79 Å². The van der Waals surface area contributed by atoms with E-state index >= 15 is 0 Å². The minimum absolute atomic E-state index is 0.0384. The summed E-state index contributed by atoms with van der Waals surface area (Å²) in [6.07, 6.45) is 0. The van der Waals surface area contributed by atoms with Crippen molar-refractivity contribution in [2.75, 3.05) is 0 Å². The minimum atomic E-state index is -3.70. The molecule has 0 aliphatic rings. The zero-order chi connectivity index (χ0) is 15.7. The first kappa shape index (κ1) is 16.0. The molecule has 0 unspecified atom stereocenters. The summed E-state index contributed by atoms with van der Waals surface area (Å²) in [5, 5.41) is 10.0. The Balaban J connectivity index is 2.19. The van der Waals surface area contributed by atoms with Gasteiger partial charge in [0.25, 0.3) is 0 Å². The number of primary sulfonamides is 2. The first-order valence-corrected chi connectivity index (χ1v) is 9.51. The fraction of sp³-hybridized carbons (Fsp3) is 0. The first-order chi connectivity index (χ1) is 9.66. The van der Waals surface area contributed by atoms with E-state index in [9.17, 15) is 16.8 Å². The van der Waals surface area contributed by atoms with E-state index < -0.39 is 20.0 Å². The molecule has 0 aliphatic heterocycles. The third-order valence-electron chi connectivity index (χ3n) is 2.54. The third kappa shape index (κ3) is 4.29. The molecule has 0 aliphatic carbocycles. The van der Waals surface area contributed by atoms with Crippen molar-refractivity contribution in [2.45, 2.75) is 19.6 Å². The predicted molar refractivity (Wildman–Crippen MR) is 79.8 cm³/mol. The molecule has 112 valence electrons. The molecule has 0 saturated heterocycles. The van der Waals surface area contributed by atoms with Gasteiger partial charge in [-0.05, 0) is 48.5 Å². The Morgan fingerprint density at radius 3 is 1.14 bits per heavy atom. The fourth-order valence-corrected chi connectivity index (χ4v) is 3.38. The van der Waals surface area contributed by atoms with Gasteiger partial charge in [0.05, 0.1) is 9.79 Å². The van der Waals surface area contributed by atoms with Crippen LogP contribution in [0.3, 0.4) is 0 Å². The van der Waals surface area contributed by atoms with Crippen molar-refractivity contribution in [3.63, 3.8) is 0 Å². The van der Waals surface area contributed by atoms with Crippen molar-refractivity contribution in [3.8, 4) is 0 Å². The van der Waals surface area contributed by atoms with E-state index in [-0.39, 0.29) is 9.79 Å². The highest BCUT2D eigenvalue weighted by Gasteiger charge is 2.09. The maximum absolute atomic E-state index is 11.1. The highest BCUT2D eigenvalue weighted by molar-refractivity contribution is 7.99. The van der Waals surface area contributed by atoms with Gasteiger partial charge in [0.15, 0.2) is 0 Å². The van der Waals surface area contributed by atoms with Gasteiger partial charge < -0.3 is 0 Å². The van der Waals surface area contributed by atoms with Crippen LogP contribution in [0.5, 0.6) is 0 Å². The molecule has 0 aromatic heterocycles. The van der Waals surface area contributed by atoms with Crippen molar-refractivity contribution in [1.29, 1.82) is 0 Å². The molecular formula is C12H12N2O4S3. The van der Waals surface area contributed by atoms with Gasteiger partial charge in [-0.3, -0.25) is 0 Å². The molecule has 2 aromatic rings. The molecule has 0 atom stereocenters. The van der Waals surface area contributed by atoms with Gasteiger partial charge in [-0.1, -0.05) is 11.8 Å². The molecule has 0 spiro atoms. The summed E-state index contributed by atoms with van der Waals surface area (Å²) in [7, 11) is -7.41. The average Bonchev–Trinajstić information content (AvgIpc) is 2.38. The van der Waals surface area contributed by atoms with Crippen LogP contribution in [0.2, 0.25) is 0 Å². The highest BCUT2D eigenvalue weighted by Crippen LogP contribution is 2.28. The van der Waals surface area contributed by atoms with Gasteiger partial charge in [0.1, 0.15) is 0 Å². The normalized spacial score (nSPS) is 12.3. The van der Waals surface area contributed by atoms with Crippen LogP contribution < -0.4 is 10.3 Å². The van der Waals surface area contributed by atoms with Crippen LogP contribution in [0.4, 0.5) is 0 Å². The lowest BCUT2D eigenvalue weighted by atomic mass is 10.4. The van der Waals surface area contributed by atoms with Crippen LogP contribution in [0.15, 0.2) is 68.1 Å². The first-order valence-electron chi connectivity index (χ1n) is 5.60. The predicted octanol–water partition coefficient (Wildman–Crippen LogP) is 1.13. The summed E-state index contributed by atoms with van der Waals surface area (Å²) >= 11 is 1.35. The number of hydrogen-bond acceptors (Lipinski definition) is 5. The number of hydrogen-bond donors (Lipinski definition) is 2. The monoisotopic (exact) mass is 344 g/mol. The summed E-state index contributed by atoms with van der Waals surface area (Å²) < 4.78 is 44.5. The highest BCUT2D eigenvalue weighted by atomic mass is 32.2. The second kappa shape index (κ2) is 5.78. The van der Waals surface area contributed by atoms with Gasteiger partial charge in [-0.2, -0.15) is 0 Å². The summed E-state index contributed by atoms with van der Waals surface area (Å²) in [6.45, 7) is 0. The average molecular weight is 344 g/mol. The van der Waals surface area contributed by atoms with Crippen LogP contribution >= 0.6 is 11.8 Å². The quantitative estimate of drug-likeness (QED) is 0.861. The minimum Gasteiger partial charge on any atom is -0.225 e. The lowest BCUT2D eigenvalue weighted by molar-refractivity contribution is 0.596. The summed E-state index contributed by atoms with van der Waals surface area (Å²) in [6, 6.07) is 12.1. The number of benzene rings is 2. The van der Waals surface area contributed by atoms with Crippen LogP contribution in [0.25, 0.3) is 0 Å². The molecule has 0 amide bonds. The SMILES string of the molecule is NS(=O)(=O)c1ccc(Sc2ccc(S(N)(=O)=O)cc2)cc1. The van der Waals surface area contributed by atoms with E-state index in [2.05, 4.69) is 0 Å². The van der Waals surface area contributed by atoms with E-state index in [1.165, 1.54) is 36.0 Å². The zero-order valence-corrected chi connectivity index (χ0v) is 13.1.